The van der Waals surface area contributed by atoms with Crippen LogP contribution in [0.25, 0.3) is 5.69 Å². The molecule has 0 saturated heterocycles. The molecule has 0 atom stereocenters. The van der Waals surface area contributed by atoms with Crippen LogP contribution in [0.3, 0.4) is 0 Å². The number of nitrogens with one attached hydrogen (secondary N) is 1. The summed E-state index contributed by atoms with van der Waals surface area (Å²) in [6.07, 6.45) is 7.09. The molecule has 0 amide bonds. The van der Waals surface area contributed by atoms with Crippen LogP contribution in [0.5, 0.6) is 0 Å². The smallest absolute Gasteiger partial charge is 0.0766 e. The van der Waals surface area contributed by atoms with Crippen molar-refractivity contribution in [3.8, 4) is 5.69 Å². The van der Waals surface area contributed by atoms with Crippen molar-refractivity contribution in [1.29, 1.82) is 0 Å². The van der Waals surface area contributed by atoms with Crippen LogP contribution < -0.4 is 5.32 Å². The molecule has 1 aromatic carbocycles. The molecule has 2 aromatic rings. The lowest BCUT2D eigenvalue weighted by Gasteiger charge is -2.19. The van der Waals surface area contributed by atoms with E-state index in [0.717, 1.165) is 12.2 Å². The van der Waals surface area contributed by atoms with Gasteiger partial charge in [0.1, 0.15) is 0 Å². The maximum absolute atomic E-state index is 4.63. The second kappa shape index (κ2) is 4.94. The van der Waals surface area contributed by atoms with Crippen LogP contribution in [0.1, 0.15) is 29.7 Å². The van der Waals surface area contributed by atoms with Gasteiger partial charge in [0.15, 0.2) is 0 Å². The lowest BCUT2D eigenvalue weighted by Crippen LogP contribution is -2.10. The van der Waals surface area contributed by atoms with Crippen molar-refractivity contribution in [1.82, 2.24) is 15.1 Å². The maximum atomic E-state index is 4.63. The molecule has 1 N–H and O–H groups in total. The minimum absolute atomic E-state index is 0.821. The Bertz CT molecular complexity index is 542. The zero-order valence-corrected chi connectivity index (χ0v) is 10.8. The first kappa shape index (κ1) is 11.5. The number of nitrogens with zero attached hydrogens (tertiary/aromatic N) is 2. The Balaban J connectivity index is 2.00. The fourth-order valence-electron chi connectivity index (χ4n) is 2.75. The zero-order valence-electron chi connectivity index (χ0n) is 10.8. The highest BCUT2D eigenvalue weighted by atomic mass is 15.3. The Morgan fingerprint density at radius 3 is 3.00 bits per heavy atom. The molecule has 3 heteroatoms. The predicted molar refractivity (Wildman–Crippen MR) is 73.0 cm³/mol. The molecule has 94 valence electrons. The molecule has 1 heterocycles. The van der Waals surface area contributed by atoms with Crippen molar-refractivity contribution >= 4 is 0 Å². The van der Waals surface area contributed by atoms with Crippen molar-refractivity contribution < 1.29 is 0 Å². The average Bonchev–Trinajstić information content (AvgIpc) is 2.87. The largest absolute Gasteiger partial charge is 0.314 e. The number of hydrogen-bond acceptors (Lipinski definition) is 2. The van der Waals surface area contributed by atoms with Gasteiger partial charge in [0.25, 0.3) is 0 Å². The van der Waals surface area contributed by atoms with E-state index >= 15 is 0 Å². The summed E-state index contributed by atoms with van der Waals surface area (Å²) in [7, 11) is 1.95. The van der Waals surface area contributed by atoms with Crippen molar-refractivity contribution in [2.45, 2.75) is 32.2 Å². The van der Waals surface area contributed by atoms with Gasteiger partial charge in [-0.15, -0.1) is 0 Å². The molecule has 0 unspecified atom stereocenters. The minimum Gasteiger partial charge on any atom is -0.314 e. The van der Waals surface area contributed by atoms with E-state index in [4.69, 9.17) is 0 Å². The minimum atomic E-state index is 0.821. The van der Waals surface area contributed by atoms with Gasteiger partial charge in [0, 0.05) is 12.7 Å². The number of benzene rings is 1. The van der Waals surface area contributed by atoms with Gasteiger partial charge in [-0.25, -0.2) is 4.68 Å². The first-order valence-corrected chi connectivity index (χ1v) is 6.69. The summed E-state index contributed by atoms with van der Waals surface area (Å²) in [6, 6.07) is 8.67. The Morgan fingerprint density at radius 2 is 2.11 bits per heavy atom. The summed E-state index contributed by atoms with van der Waals surface area (Å²) in [6.45, 7) is 0.821. The third-order valence-corrected chi connectivity index (χ3v) is 3.62. The second-order valence-electron chi connectivity index (χ2n) is 4.90. The highest BCUT2D eigenvalue weighted by molar-refractivity contribution is 5.46. The van der Waals surface area contributed by atoms with Gasteiger partial charge in [-0.2, -0.15) is 5.10 Å². The van der Waals surface area contributed by atoms with E-state index in [0.29, 0.717) is 0 Å². The molecule has 0 aliphatic heterocycles. The molecule has 3 rings (SSSR count). The van der Waals surface area contributed by atoms with E-state index in [9.17, 15) is 0 Å². The Morgan fingerprint density at radius 1 is 1.22 bits per heavy atom. The summed E-state index contributed by atoms with van der Waals surface area (Å²) in [5, 5.41) is 7.77. The maximum Gasteiger partial charge on any atom is 0.0766 e. The molecule has 1 aromatic heterocycles. The van der Waals surface area contributed by atoms with Crippen LogP contribution in [0.2, 0.25) is 0 Å². The average molecular weight is 241 g/mol. The van der Waals surface area contributed by atoms with Crippen molar-refractivity contribution in [2.24, 2.45) is 0 Å². The number of aromatic nitrogens is 2. The quantitative estimate of drug-likeness (QED) is 0.894. The lowest BCUT2D eigenvalue weighted by molar-refractivity contribution is 0.674. The summed E-state index contributed by atoms with van der Waals surface area (Å²) in [5.74, 6) is 0. The third-order valence-electron chi connectivity index (χ3n) is 3.62. The van der Waals surface area contributed by atoms with E-state index in [1.807, 2.05) is 11.7 Å². The van der Waals surface area contributed by atoms with Gasteiger partial charge in [-0.1, -0.05) is 12.1 Å². The molecule has 0 radical (unpaired) electrons. The van der Waals surface area contributed by atoms with E-state index in [1.165, 1.54) is 42.5 Å². The van der Waals surface area contributed by atoms with Crippen LogP contribution >= 0.6 is 0 Å². The van der Waals surface area contributed by atoms with Crippen LogP contribution in [-0.2, 0) is 19.4 Å². The topological polar surface area (TPSA) is 29.9 Å². The molecule has 3 nitrogen and oxygen atoms in total. The zero-order chi connectivity index (χ0) is 12.4. The molecule has 0 bridgehead atoms. The van der Waals surface area contributed by atoms with Crippen molar-refractivity contribution in [3.63, 3.8) is 0 Å². The van der Waals surface area contributed by atoms with Crippen LogP contribution in [0.15, 0.2) is 30.5 Å². The fourth-order valence-corrected chi connectivity index (χ4v) is 2.75. The van der Waals surface area contributed by atoms with Crippen LogP contribution in [-0.4, -0.2) is 16.8 Å². The molecule has 18 heavy (non-hydrogen) atoms. The van der Waals surface area contributed by atoms with Gasteiger partial charge < -0.3 is 5.32 Å². The summed E-state index contributed by atoms with van der Waals surface area (Å²) >= 11 is 0. The Kier molecular flexibility index (Phi) is 3.15. The summed E-state index contributed by atoms with van der Waals surface area (Å²) in [4.78, 5) is 0. The molecule has 1 aliphatic rings. The van der Waals surface area contributed by atoms with Crippen LogP contribution in [0, 0.1) is 0 Å². The SMILES string of the molecule is CNCc1ccn(-c2cccc3c2CCCC3)n1. The lowest BCUT2D eigenvalue weighted by atomic mass is 9.90. The van der Waals surface area contributed by atoms with E-state index in [1.54, 1.807) is 0 Å². The monoisotopic (exact) mass is 241 g/mol. The number of aryl methyl sites for hydroxylation is 1. The van der Waals surface area contributed by atoms with Gasteiger partial charge in [-0.3, -0.25) is 0 Å². The summed E-state index contributed by atoms with van der Waals surface area (Å²) in [5.41, 5.74) is 5.34. The first-order chi connectivity index (χ1) is 8.88. The van der Waals surface area contributed by atoms with Crippen LogP contribution in [0.4, 0.5) is 0 Å². The number of rotatable bonds is 3. The Labute approximate surface area is 108 Å². The molecule has 0 fully saturated rings. The van der Waals surface area contributed by atoms with Gasteiger partial charge in [-0.05, 0) is 56.0 Å². The Hall–Kier alpha value is -1.61. The second-order valence-corrected chi connectivity index (χ2v) is 4.90. The first-order valence-electron chi connectivity index (χ1n) is 6.69. The van der Waals surface area contributed by atoms with Crippen molar-refractivity contribution in [2.75, 3.05) is 7.05 Å². The molecule has 0 spiro atoms. The van der Waals surface area contributed by atoms with Gasteiger partial charge in [0.05, 0.1) is 11.4 Å². The summed E-state index contributed by atoms with van der Waals surface area (Å²) < 4.78 is 2.02. The molecular formula is C15H19N3. The van der Waals surface area contributed by atoms with Gasteiger partial charge >= 0.3 is 0 Å². The highest BCUT2D eigenvalue weighted by Gasteiger charge is 2.14. The van der Waals surface area contributed by atoms with E-state index in [2.05, 4.69) is 40.9 Å². The predicted octanol–water partition coefficient (Wildman–Crippen LogP) is 2.47. The third kappa shape index (κ3) is 2.06. The number of fused-ring (bicyclic) bond motifs is 1. The normalized spacial score (nSPS) is 14.5. The molecular weight excluding hydrogens is 222 g/mol. The number of hydrogen-bond donors (Lipinski definition) is 1. The van der Waals surface area contributed by atoms with Gasteiger partial charge in [0.2, 0.25) is 0 Å². The highest BCUT2D eigenvalue weighted by Crippen LogP contribution is 2.26. The van der Waals surface area contributed by atoms with E-state index < -0.39 is 0 Å². The molecule has 1 aliphatic carbocycles. The fraction of sp³-hybridized carbons (Fsp3) is 0.400. The molecule has 0 saturated carbocycles. The van der Waals surface area contributed by atoms with E-state index in [-0.39, 0.29) is 0 Å². The van der Waals surface area contributed by atoms with Crippen molar-refractivity contribution in [3.05, 3.63) is 47.3 Å². The standard InChI is InChI=1S/C15H19N3/c1-16-11-13-9-10-18(17-13)15-8-4-6-12-5-2-3-7-14(12)15/h4,6,8-10,16H,2-3,5,7,11H2,1H3.